The highest BCUT2D eigenvalue weighted by Gasteiger charge is 2.26. The normalized spacial score (nSPS) is 25.8. The van der Waals surface area contributed by atoms with Crippen LogP contribution in [0.1, 0.15) is 72.6 Å². The van der Waals surface area contributed by atoms with Gasteiger partial charge in [0.25, 0.3) is 5.95 Å². The van der Waals surface area contributed by atoms with Gasteiger partial charge in [0.15, 0.2) is 0 Å². The molecule has 0 spiro atoms. The molecular weight excluding hydrogens is 424 g/mol. The summed E-state index contributed by atoms with van der Waals surface area (Å²) in [4.78, 5) is 42.3. The summed E-state index contributed by atoms with van der Waals surface area (Å²) >= 11 is 0. The first-order valence-electron chi connectivity index (χ1n) is 11.8. The van der Waals surface area contributed by atoms with E-state index in [1.54, 1.807) is 6.92 Å². The van der Waals surface area contributed by atoms with E-state index in [1.807, 2.05) is 6.92 Å². The lowest BCUT2D eigenvalue weighted by Gasteiger charge is -2.21. The van der Waals surface area contributed by atoms with E-state index in [1.165, 1.54) is 6.42 Å². The molecule has 7 heteroatoms. The van der Waals surface area contributed by atoms with E-state index < -0.39 is 0 Å². The molecule has 186 valence electrons. The Balaban J connectivity index is 0.000000220. The lowest BCUT2D eigenvalue weighted by atomic mass is 9.89. The highest BCUT2D eigenvalue weighted by Crippen LogP contribution is 2.19. The Morgan fingerprint density at radius 2 is 1.18 bits per heavy atom. The van der Waals surface area contributed by atoms with E-state index in [9.17, 15) is 19.2 Å². The first kappa shape index (κ1) is 28.6. The molecule has 0 radical (unpaired) electrons. The number of Topliss-reactive ketones (excluding diaryl/α,β-unsaturated/α-hetero) is 4. The number of ketones is 4. The predicted molar refractivity (Wildman–Crippen MR) is 125 cm³/mol. The lowest BCUT2D eigenvalue weighted by molar-refractivity contribution is -0.131. The van der Waals surface area contributed by atoms with Crippen molar-refractivity contribution in [1.82, 2.24) is 0 Å². The second-order valence-electron chi connectivity index (χ2n) is 9.65. The van der Waals surface area contributed by atoms with Gasteiger partial charge in [-0.15, -0.1) is 0 Å². The molecule has 2 saturated heterocycles. The van der Waals surface area contributed by atoms with Crippen LogP contribution in [-0.4, -0.2) is 43.0 Å². The lowest BCUT2D eigenvalue weighted by Crippen LogP contribution is -2.20. The van der Waals surface area contributed by atoms with Gasteiger partial charge < -0.3 is 14.2 Å². The predicted octanol–water partition coefficient (Wildman–Crippen LogP) is 4.59. The van der Waals surface area contributed by atoms with Crippen molar-refractivity contribution < 1.29 is 33.4 Å². The molecule has 0 bridgehead atoms. The molecule has 2 heterocycles. The van der Waals surface area contributed by atoms with Gasteiger partial charge in [0, 0.05) is 37.5 Å². The van der Waals surface area contributed by atoms with Crippen LogP contribution in [0.2, 0.25) is 0 Å². The average Bonchev–Trinajstić information content (AvgIpc) is 3.02. The van der Waals surface area contributed by atoms with Crippen LogP contribution in [0.5, 0.6) is 0 Å². The number of carbonyl (C=O) groups excluding carboxylic acids is 4. The Hall–Kier alpha value is -2.44. The van der Waals surface area contributed by atoms with Gasteiger partial charge in [0.05, 0.1) is 38.4 Å². The summed E-state index contributed by atoms with van der Waals surface area (Å²) in [6.07, 6.45) is 4.35. The monoisotopic (exact) mass is 464 g/mol. The summed E-state index contributed by atoms with van der Waals surface area (Å²) in [5, 5.41) is 0. The Labute approximate surface area is 197 Å². The van der Waals surface area contributed by atoms with Crippen LogP contribution in [0.4, 0.5) is 0 Å². The van der Waals surface area contributed by atoms with Crippen LogP contribution < -0.4 is 0 Å². The maximum atomic E-state index is 10.7. The molecular formula is C26H40O7. The molecule has 4 fully saturated rings. The van der Waals surface area contributed by atoms with Crippen molar-refractivity contribution in [2.24, 2.45) is 23.7 Å². The molecule has 0 aromatic carbocycles. The van der Waals surface area contributed by atoms with Crippen molar-refractivity contribution in [2.45, 2.75) is 72.6 Å². The molecule has 2 unspecified atom stereocenters. The summed E-state index contributed by atoms with van der Waals surface area (Å²) in [7, 11) is 0. The van der Waals surface area contributed by atoms with Crippen molar-refractivity contribution in [3.63, 3.8) is 0 Å². The van der Waals surface area contributed by atoms with Crippen LogP contribution in [0.3, 0.4) is 0 Å². The minimum atomic E-state index is 0.00231. The Kier molecular flexibility index (Phi) is 12.7. The van der Waals surface area contributed by atoms with Gasteiger partial charge in [-0.3, -0.25) is 19.2 Å². The summed E-state index contributed by atoms with van der Waals surface area (Å²) in [6.45, 7) is 17.6. The fourth-order valence-electron chi connectivity index (χ4n) is 3.49. The second kappa shape index (κ2) is 14.7. The standard InChI is InChI=1S/C7H10O2.C7H12O.C6H10O2.C6H8O2/c1-5-2-6(8)4-7(9)3-5;1-6-3-4-7(2)8-5-6;1-5-3-7-6(2)8-4-5;1-4-2-5(7)3-6(4)8/h5H,2-4H2,1H3;6H,2-5H2,1H3;5H,2-4H2,1H3;4H,2-3H2,1H3. The van der Waals surface area contributed by atoms with E-state index in [2.05, 4.69) is 27.0 Å². The number of allylic oxidation sites excluding steroid dienone is 1. The SMILES string of the molecule is C=C1CCC(C)CO1.C=C1OCC(C)CO1.CC1CC(=O)CC(=O)C1.CC1CC(=O)CC1=O. The van der Waals surface area contributed by atoms with Crippen LogP contribution in [0.15, 0.2) is 24.9 Å². The number of hydrogen-bond acceptors (Lipinski definition) is 7. The number of ether oxygens (including phenoxy) is 3. The van der Waals surface area contributed by atoms with Crippen LogP contribution >= 0.6 is 0 Å². The Bertz CT molecular complexity index is 662. The van der Waals surface area contributed by atoms with E-state index >= 15 is 0 Å². The molecule has 4 rings (SSSR count). The van der Waals surface area contributed by atoms with E-state index in [0.29, 0.717) is 37.0 Å². The minimum Gasteiger partial charge on any atom is -0.498 e. The molecule has 0 aromatic heterocycles. The summed E-state index contributed by atoms with van der Waals surface area (Å²) in [5.41, 5.74) is 0. The van der Waals surface area contributed by atoms with Crippen molar-refractivity contribution in [3.05, 3.63) is 24.9 Å². The third-order valence-corrected chi connectivity index (χ3v) is 5.55. The largest absolute Gasteiger partial charge is 0.498 e. The minimum absolute atomic E-state index is 0.00231. The van der Waals surface area contributed by atoms with Crippen LogP contribution in [-0.2, 0) is 33.4 Å². The topological polar surface area (TPSA) is 96.0 Å². The van der Waals surface area contributed by atoms with Gasteiger partial charge in [-0.2, -0.15) is 0 Å². The fraction of sp³-hybridized carbons (Fsp3) is 0.692. The van der Waals surface area contributed by atoms with Crippen LogP contribution in [0.25, 0.3) is 0 Å². The van der Waals surface area contributed by atoms with Gasteiger partial charge in [0.1, 0.15) is 23.1 Å². The molecule has 2 atom stereocenters. The third-order valence-electron chi connectivity index (χ3n) is 5.55. The highest BCUT2D eigenvalue weighted by molar-refractivity contribution is 6.06. The summed E-state index contributed by atoms with van der Waals surface area (Å²) < 4.78 is 15.1. The second-order valence-corrected chi connectivity index (χ2v) is 9.65. The molecule has 0 aromatic rings. The molecule has 2 aliphatic heterocycles. The number of rotatable bonds is 0. The van der Waals surface area contributed by atoms with Crippen molar-refractivity contribution in [3.8, 4) is 0 Å². The zero-order valence-corrected chi connectivity index (χ0v) is 20.7. The molecule has 0 N–H and O–H groups in total. The van der Waals surface area contributed by atoms with E-state index in [0.717, 1.165) is 37.9 Å². The third kappa shape index (κ3) is 13.0. The van der Waals surface area contributed by atoms with Crippen molar-refractivity contribution in [2.75, 3.05) is 19.8 Å². The zero-order valence-electron chi connectivity index (χ0n) is 20.7. The molecule has 4 aliphatic rings. The maximum Gasteiger partial charge on any atom is 0.271 e. The van der Waals surface area contributed by atoms with Gasteiger partial charge in [-0.25, -0.2) is 0 Å². The first-order valence-corrected chi connectivity index (χ1v) is 11.8. The Morgan fingerprint density at radius 1 is 0.667 bits per heavy atom. The van der Waals surface area contributed by atoms with E-state index in [-0.39, 0.29) is 41.9 Å². The fourth-order valence-corrected chi connectivity index (χ4v) is 3.49. The quantitative estimate of drug-likeness (QED) is 0.484. The maximum absolute atomic E-state index is 10.7. The van der Waals surface area contributed by atoms with Gasteiger partial charge in [-0.1, -0.05) is 34.3 Å². The molecule has 2 saturated carbocycles. The van der Waals surface area contributed by atoms with Gasteiger partial charge in [-0.05, 0) is 24.8 Å². The van der Waals surface area contributed by atoms with Crippen molar-refractivity contribution >= 4 is 23.1 Å². The average molecular weight is 465 g/mol. The van der Waals surface area contributed by atoms with Crippen molar-refractivity contribution in [1.29, 1.82) is 0 Å². The smallest absolute Gasteiger partial charge is 0.271 e. The number of hydrogen-bond donors (Lipinski definition) is 0. The first-order chi connectivity index (χ1) is 15.5. The van der Waals surface area contributed by atoms with Gasteiger partial charge >= 0.3 is 0 Å². The molecule has 7 nitrogen and oxygen atoms in total. The molecule has 33 heavy (non-hydrogen) atoms. The zero-order chi connectivity index (χ0) is 25.0. The molecule has 2 aliphatic carbocycles. The summed E-state index contributed by atoms with van der Waals surface area (Å²) in [6, 6.07) is 0. The van der Waals surface area contributed by atoms with Crippen LogP contribution in [0, 0.1) is 23.7 Å². The number of carbonyl (C=O) groups is 4. The summed E-state index contributed by atoms with van der Waals surface area (Å²) in [5.74, 6) is 3.39. The van der Waals surface area contributed by atoms with E-state index in [4.69, 9.17) is 14.2 Å². The Morgan fingerprint density at radius 3 is 1.48 bits per heavy atom. The highest BCUT2D eigenvalue weighted by atomic mass is 16.7. The molecule has 0 amide bonds. The van der Waals surface area contributed by atoms with Gasteiger partial charge in [0.2, 0.25) is 0 Å².